The first kappa shape index (κ1) is 23.3. The van der Waals surface area contributed by atoms with Gasteiger partial charge in [0.2, 0.25) is 0 Å². The third kappa shape index (κ3) is 4.02. The highest BCUT2D eigenvalue weighted by molar-refractivity contribution is 5.73. The fourth-order valence-electron chi connectivity index (χ4n) is 4.77. The molecule has 7 heteroatoms. The molecule has 0 aliphatic carbocycles. The molecule has 1 unspecified atom stereocenters. The Morgan fingerprint density at radius 2 is 1.91 bits per heavy atom. The summed E-state index contributed by atoms with van der Waals surface area (Å²) in [7, 11) is 1.38. The number of rotatable bonds is 5. The molecule has 5 N–H and O–H groups in total. The molecule has 2 aliphatic rings. The fourth-order valence-corrected chi connectivity index (χ4v) is 4.77. The lowest BCUT2D eigenvalue weighted by Gasteiger charge is -2.44. The van der Waals surface area contributed by atoms with Crippen LogP contribution in [0.2, 0.25) is 0 Å². The average molecular weight is 454 g/mol. The Kier molecular flexibility index (Phi) is 6.01. The number of nitrogens with one attached hydrogen (secondary N) is 1. The van der Waals surface area contributed by atoms with E-state index in [4.69, 9.17) is 9.47 Å². The first-order valence-electron chi connectivity index (χ1n) is 11.0. The second kappa shape index (κ2) is 8.50. The molecule has 1 saturated heterocycles. The van der Waals surface area contributed by atoms with Gasteiger partial charge in [-0.05, 0) is 56.5 Å². The Hall–Kier alpha value is -2.84. The number of ether oxygens (including phenoxy) is 2. The summed E-state index contributed by atoms with van der Waals surface area (Å²) in [6.07, 6.45) is 3.05. The predicted molar refractivity (Wildman–Crippen MR) is 126 cm³/mol. The van der Waals surface area contributed by atoms with Crippen LogP contribution < -0.4 is 5.32 Å². The van der Waals surface area contributed by atoms with E-state index >= 15 is 0 Å². The van der Waals surface area contributed by atoms with E-state index in [0.717, 1.165) is 18.4 Å². The van der Waals surface area contributed by atoms with Crippen LogP contribution in [-0.2, 0) is 15.1 Å². The summed E-state index contributed by atoms with van der Waals surface area (Å²) in [5, 5.41) is 46.4. The van der Waals surface area contributed by atoms with Crippen LogP contribution >= 0.6 is 0 Å². The van der Waals surface area contributed by atoms with Crippen molar-refractivity contribution in [1.29, 1.82) is 0 Å². The summed E-state index contributed by atoms with van der Waals surface area (Å²) in [5.74, 6) is -0.108. The molecular weight excluding hydrogens is 422 g/mol. The summed E-state index contributed by atoms with van der Waals surface area (Å²) in [4.78, 5) is 0. The van der Waals surface area contributed by atoms with Gasteiger partial charge in [-0.3, -0.25) is 0 Å². The van der Waals surface area contributed by atoms with Gasteiger partial charge in [0.25, 0.3) is 0 Å². The van der Waals surface area contributed by atoms with Crippen molar-refractivity contribution in [3.8, 4) is 11.5 Å². The molecule has 1 fully saturated rings. The van der Waals surface area contributed by atoms with Crippen molar-refractivity contribution in [2.75, 3.05) is 12.4 Å². The van der Waals surface area contributed by atoms with Crippen LogP contribution in [0, 0.1) is 0 Å². The van der Waals surface area contributed by atoms with Gasteiger partial charge in [-0.2, -0.15) is 0 Å². The average Bonchev–Trinajstić information content (AvgIpc) is 3.16. The first-order chi connectivity index (χ1) is 15.6. The van der Waals surface area contributed by atoms with Crippen molar-refractivity contribution >= 4 is 11.8 Å². The normalized spacial score (nSPS) is 31.4. The summed E-state index contributed by atoms with van der Waals surface area (Å²) >= 11 is 0. The Labute approximate surface area is 193 Å². The third-order valence-corrected chi connectivity index (χ3v) is 6.63. The molecule has 2 aliphatic heterocycles. The molecule has 0 aromatic heterocycles. The van der Waals surface area contributed by atoms with E-state index in [1.54, 1.807) is 18.2 Å². The topological polar surface area (TPSA) is 111 Å². The minimum Gasteiger partial charge on any atom is -0.508 e. The summed E-state index contributed by atoms with van der Waals surface area (Å²) < 4.78 is 11.6. The lowest BCUT2D eigenvalue weighted by molar-refractivity contribution is -0.124. The van der Waals surface area contributed by atoms with E-state index in [0.29, 0.717) is 16.8 Å². The lowest BCUT2D eigenvalue weighted by Crippen LogP contribution is -2.55. The smallest absolute Gasteiger partial charge is 0.154 e. The van der Waals surface area contributed by atoms with Crippen molar-refractivity contribution in [3.05, 3.63) is 71.3 Å². The highest BCUT2D eigenvalue weighted by atomic mass is 16.5. The number of anilines is 1. The van der Waals surface area contributed by atoms with E-state index in [9.17, 15) is 20.4 Å². The van der Waals surface area contributed by atoms with Crippen molar-refractivity contribution < 1.29 is 29.9 Å². The number of hydrogen-bond acceptors (Lipinski definition) is 7. The molecule has 7 nitrogen and oxygen atoms in total. The Morgan fingerprint density at radius 1 is 1.21 bits per heavy atom. The predicted octanol–water partition coefficient (Wildman–Crippen LogP) is 3.62. The molecule has 4 rings (SSSR count). The highest BCUT2D eigenvalue weighted by Gasteiger charge is 2.51. The Morgan fingerprint density at radius 3 is 2.52 bits per heavy atom. The second-order valence-electron chi connectivity index (χ2n) is 9.12. The summed E-state index contributed by atoms with van der Waals surface area (Å²) in [6, 6.07) is 9.36. The van der Waals surface area contributed by atoms with Crippen LogP contribution in [0.25, 0.3) is 6.08 Å². The minimum absolute atomic E-state index is 0.00418. The third-order valence-electron chi connectivity index (χ3n) is 6.63. The van der Waals surface area contributed by atoms with Crippen LogP contribution in [0.1, 0.15) is 43.4 Å². The van der Waals surface area contributed by atoms with Gasteiger partial charge in [0.05, 0.1) is 17.3 Å². The number of hydrogen-bond donors (Lipinski definition) is 5. The first-order valence-corrected chi connectivity index (χ1v) is 11.0. The molecule has 0 radical (unpaired) electrons. The van der Waals surface area contributed by atoms with Gasteiger partial charge in [-0.25, -0.2) is 0 Å². The quantitative estimate of drug-likeness (QED) is 0.440. The SMILES string of the molecule is C=C(C)[C@@H]1CC[C@](C)(/C=C/c2ccc3c(c2O)[C@@](O)(c2ccc(O)cc2)[C@H](OC)C(O)N3)O1. The molecule has 0 spiro atoms. The van der Waals surface area contributed by atoms with Gasteiger partial charge in [0.15, 0.2) is 11.8 Å². The van der Waals surface area contributed by atoms with E-state index < -0.39 is 23.5 Å². The standard InChI is InChI=1S/C26H31NO6/c1-15(2)20-12-14-25(3,33-20)13-11-16-5-10-19-21(22(16)29)26(31,23(32-4)24(30)27-19)17-6-8-18(28)9-7-17/h5-11,13,20,23-24,27-31H,1,12,14H2,2-4H3/b13-11+/t20-,23+,24?,25-,26-/m0/s1. The van der Waals surface area contributed by atoms with Crippen molar-refractivity contribution in [3.63, 3.8) is 0 Å². The number of phenols is 2. The lowest BCUT2D eigenvalue weighted by atomic mass is 9.76. The molecule has 0 amide bonds. The molecule has 0 saturated carbocycles. The van der Waals surface area contributed by atoms with Gasteiger partial charge in [0.1, 0.15) is 17.6 Å². The van der Waals surface area contributed by atoms with Crippen LogP contribution in [-0.4, -0.2) is 51.6 Å². The number of aromatic hydroxyl groups is 2. The second-order valence-corrected chi connectivity index (χ2v) is 9.12. The van der Waals surface area contributed by atoms with Crippen molar-refractivity contribution in [2.45, 2.75) is 56.3 Å². The maximum atomic E-state index is 11.9. The van der Waals surface area contributed by atoms with E-state index in [2.05, 4.69) is 11.9 Å². The van der Waals surface area contributed by atoms with Crippen LogP contribution in [0.5, 0.6) is 11.5 Å². The van der Waals surface area contributed by atoms with Crippen molar-refractivity contribution in [2.24, 2.45) is 0 Å². The minimum atomic E-state index is -1.88. The summed E-state index contributed by atoms with van der Waals surface area (Å²) in [5.41, 5.74) is 0.0237. The summed E-state index contributed by atoms with van der Waals surface area (Å²) in [6.45, 7) is 7.93. The maximum Gasteiger partial charge on any atom is 0.154 e. The monoisotopic (exact) mass is 453 g/mol. The van der Waals surface area contributed by atoms with Crippen LogP contribution in [0.4, 0.5) is 5.69 Å². The molecule has 2 heterocycles. The zero-order valence-electron chi connectivity index (χ0n) is 19.1. The van der Waals surface area contributed by atoms with Gasteiger partial charge < -0.3 is 35.2 Å². The molecule has 5 atom stereocenters. The number of fused-ring (bicyclic) bond motifs is 1. The zero-order chi connectivity index (χ0) is 24.0. The highest BCUT2D eigenvalue weighted by Crippen LogP contribution is 2.49. The van der Waals surface area contributed by atoms with E-state index in [-0.39, 0.29) is 23.2 Å². The number of aliphatic hydroxyl groups excluding tert-OH is 1. The Balaban J connectivity index is 1.79. The van der Waals surface area contributed by atoms with E-state index in [1.165, 1.54) is 31.4 Å². The molecule has 176 valence electrons. The zero-order valence-corrected chi connectivity index (χ0v) is 19.1. The van der Waals surface area contributed by atoms with Crippen LogP contribution in [0.15, 0.2) is 54.6 Å². The number of phenolic OH excluding ortho intramolecular Hbond substituents is 2. The fraction of sp³-hybridized carbons (Fsp3) is 0.385. The molecule has 33 heavy (non-hydrogen) atoms. The molecular formula is C26H31NO6. The van der Waals surface area contributed by atoms with Crippen molar-refractivity contribution in [1.82, 2.24) is 0 Å². The largest absolute Gasteiger partial charge is 0.508 e. The van der Waals surface area contributed by atoms with Crippen LogP contribution in [0.3, 0.4) is 0 Å². The number of methoxy groups -OCH3 is 1. The molecule has 0 bridgehead atoms. The molecule has 2 aromatic rings. The number of aliphatic hydroxyl groups is 2. The van der Waals surface area contributed by atoms with Gasteiger partial charge in [0, 0.05) is 18.4 Å². The van der Waals surface area contributed by atoms with Gasteiger partial charge >= 0.3 is 0 Å². The number of benzene rings is 2. The van der Waals surface area contributed by atoms with E-state index in [1.807, 2.05) is 19.9 Å². The maximum absolute atomic E-state index is 11.9. The molecule has 2 aromatic carbocycles. The van der Waals surface area contributed by atoms with Gasteiger partial charge in [-0.15, -0.1) is 0 Å². The Bertz CT molecular complexity index is 1080. The van der Waals surface area contributed by atoms with Gasteiger partial charge in [-0.1, -0.05) is 36.4 Å².